The molecule has 3 aromatic rings. The van der Waals surface area contributed by atoms with Gasteiger partial charge in [0.2, 0.25) is 0 Å². The lowest BCUT2D eigenvalue weighted by atomic mass is 10.1. The Morgan fingerprint density at radius 3 is 2.39 bits per heavy atom. The average Bonchev–Trinajstić information content (AvgIpc) is 2.87. The number of ether oxygens (including phenoxy) is 1. The summed E-state index contributed by atoms with van der Waals surface area (Å²) in [4.78, 5) is 28.6. The first kappa shape index (κ1) is 25.9. The molecule has 1 aliphatic rings. The van der Waals surface area contributed by atoms with Gasteiger partial charge in [-0.2, -0.15) is 0 Å². The molecule has 0 radical (unpaired) electrons. The zero-order valence-electron chi connectivity index (χ0n) is 20.7. The van der Waals surface area contributed by atoms with Crippen LogP contribution in [0.1, 0.15) is 40.1 Å². The average molecular weight is 506 g/mol. The molecule has 1 heterocycles. The number of rotatable bonds is 8. The Bertz CT molecular complexity index is 1190. The van der Waals surface area contributed by atoms with E-state index in [-0.39, 0.29) is 17.9 Å². The number of carbonyl (C=O) groups is 2. The molecule has 1 saturated heterocycles. The number of hydrogen-bond acceptors (Lipinski definition) is 4. The highest BCUT2D eigenvalue weighted by Crippen LogP contribution is 2.24. The highest BCUT2D eigenvalue weighted by Gasteiger charge is 2.24. The monoisotopic (exact) mass is 505 g/mol. The Morgan fingerprint density at radius 1 is 0.972 bits per heavy atom. The maximum atomic E-state index is 12.8. The summed E-state index contributed by atoms with van der Waals surface area (Å²) in [7, 11) is 0. The predicted octanol–water partition coefficient (Wildman–Crippen LogP) is 5.96. The molecule has 7 heteroatoms. The molecule has 1 fully saturated rings. The maximum absolute atomic E-state index is 12.8. The zero-order valence-corrected chi connectivity index (χ0v) is 21.5. The second-order valence-electron chi connectivity index (χ2n) is 9.20. The quantitative estimate of drug-likeness (QED) is 0.384. The lowest BCUT2D eigenvalue weighted by Gasteiger charge is -2.36. The van der Waals surface area contributed by atoms with Crippen LogP contribution in [0.5, 0.6) is 0 Å². The fraction of sp³-hybridized carbons (Fsp3) is 0.310. The van der Waals surface area contributed by atoms with Gasteiger partial charge in [0.05, 0.1) is 12.7 Å². The Labute approximate surface area is 217 Å². The Kier molecular flexibility index (Phi) is 8.75. The summed E-state index contributed by atoms with van der Waals surface area (Å²) >= 11 is 6.12. The van der Waals surface area contributed by atoms with Crippen molar-refractivity contribution in [1.29, 1.82) is 0 Å². The van der Waals surface area contributed by atoms with Crippen LogP contribution in [0.3, 0.4) is 0 Å². The third kappa shape index (κ3) is 7.17. The number of urea groups is 1. The molecule has 0 unspecified atom stereocenters. The summed E-state index contributed by atoms with van der Waals surface area (Å²) in [5.41, 5.74) is 4.64. The van der Waals surface area contributed by atoms with Crippen LogP contribution in [0, 0.1) is 6.92 Å². The maximum Gasteiger partial charge on any atom is 0.321 e. The van der Waals surface area contributed by atoms with Crippen LogP contribution in [0.4, 0.5) is 10.5 Å². The van der Waals surface area contributed by atoms with Gasteiger partial charge in [-0.1, -0.05) is 65.7 Å². The summed E-state index contributed by atoms with van der Waals surface area (Å²) in [6.07, 6.45) is -0.113. The number of halogens is 1. The van der Waals surface area contributed by atoms with Crippen LogP contribution in [0.15, 0.2) is 72.8 Å². The van der Waals surface area contributed by atoms with Gasteiger partial charge in [0, 0.05) is 49.0 Å². The number of benzene rings is 3. The molecule has 0 spiro atoms. The van der Waals surface area contributed by atoms with Gasteiger partial charge in [-0.05, 0) is 49.2 Å². The van der Waals surface area contributed by atoms with E-state index in [2.05, 4.69) is 35.3 Å². The molecule has 188 valence electrons. The molecule has 2 amide bonds. The Morgan fingerprint density at radius 2 is 1.69 bits per heavy atom. The molecule has 3 aromatic carbocycles. The van der Waals surface area contributed by atoms with E-state index in [1.807, 2.05) is 35.2 Å². The van der Waals surface area contributed by atoms with Gasteiger partial charge in [0.25, 0.3) is 0 Å². The molecule has 4 rings (SSSR count). The van der Waals surface area contributed by atoms with Gasteiger partial charge in [-0.25, -0.2) is 4.79 Å². The molecule has 1 atom stereocenters. The molecule has 0 bridgehead atoms. The molecule has 36 heavy (non-hydrogen) atoms. The SMILES string of the molecule is CC(=O)c1cccc(NC(=O)N2CCN(C[C@H](OCc3cccc(C)c3)c3ccc(Cl)cc3)CC2)c1. The number of nitrogens with zero attached hydrogens (tertiary/aromatic N) is 2. The first-order chi connectivity index (χ1) is 17.4. The summed E-state index contributed by atoms with van der Waals surface area (Å²) in [6.45, 7) is 7.57. The highest BCUT2D eigenvalue weighted by molar-refractivity contribution is 6.30. The van der Waals surface area contributed by atoms with E-state index >= 15 is 0 Å². The van der Waals surface area contributed by atoms with Crippen LogP contribution in [0.2, 0.25) is 5.02 Å². The minimum Gasteiger partial charge on any atom is -0.368 e. The number of ketones is 1. The van der Waals surface area contributed by atoms with Crippen LogP contribution in [-0.4, -0.2) is 54.3 Å². The van der Waals surface area contributed by atoms with Gasteiger partial charge >= 0.3 is 6.03 Å². The molecule has 0 saturated carbocycles. The number of amides is 2. The van der Waals surface area contributed by atoms with Gasteiger partial charge in [-0.15, -0.1) is 0 Å². The predicted molar refractivity (Wildman–Crippen MR) is 144 cm³/mol. The fourth-order valence-corrected chi connectivity index (χ4v) is 4.44. The lowest BCUT2D eigenvalue weighted by molar-refractivity contribution is 0.00592. The minimum absolute atomic E-state index is 0.0282. The topological polar surface area (TPSA) is 61.9 Å². The normalized spacial score (nSPS) is 14.9. The molecule has 6 nitrogen and oxygen atoms in total. The largest absolute Gasteiger partial charge is 0.368 e. The van der Waals surface area contributed by atoms with E-state index in [1.54, 1.807) is 24.3 Å². The van der Waals surface area contributed by atoms with Gasteiger partial charge < -0.3 is 15.0 Å². The third-order valence-corrected chi connectivity index (χ3v) is 6.63. The smallest absolute Gasteiger partial charge is 0.321 e. The van der Waals surface area contributed by atoms with E-state index in [0.29, 0.717) is 36.0 Å². The van der Waals surface area contributed by atoms with Gasteiger partial charge in [0.15, 0.2) is 5.78 Å². The van der Waals surface area contributed by atoms with E-state index in [1.165, 1.54) is 12.5 Å². The molecular formula is C29H32ClN3O3. The van der Waals surface area contributed by atoms with E-state index < -0.39 is 0 Å². The molecule has 0 aliphatic carbocycles. The van der Waals surface area contributed by atoms with Crippen molar-refractivity contribution in [3.63, 3.8) is 0 Å². The van der Waals surface area contributed by atoms with E-state index in [0.717, 1.165) is 30.8 Å². The number of piperazine rings is 1. The first-order valence-electron chi connectivity index (χ1n) is 12.2. The van der Waals surface area contributed by atoms with Crippen LogP contribution < -0.4 is 5.32 Å². The Balaban J connectivity index is 1.34. The number of anilines is 1. The zero-order chi connectivity index (χ0) is 25.5. The second-order valence-corrected chi connectivity index (χ2v) is 9.63. The van der Waals surface area contributed by atoms with Crippen molar-refractivity contribution >= 4 is 29.1 Å². The minimum atomic E-state index is -0.152. The summed E-state index contributed by atoms with van der Waals surface area (Å²) in [5.74, 6) is -0.0282. The highest BCUT2D eigenvalue weighted by atomic mass is 35.5. The van der Waals surface area contributed by atoms with Crippen molar-refractivity contribution in [3.05, 3.63) is 100 Å². The van der Waals surface area contributed by atoms with Crippen molar-refractivity contribution in [3.8, 4) is 0 Å². The molecule has 1 aliphatic heterocycles. The van der Waals surface area contributed by atoms with Crippen molar-refractivity contribution in [2.75, 3.05) is 38.0 Å². The number of nitrogens with one attached hydrogen (secondary N) is 1. The number of aryl methyl sites for hydroxylation is 1. The number of carbonyl (C=O) groups excluding carboxylic acids is 2. The number of hydrogen-bond donors (Lipinski definition) is 1. The van der Waals surface area contributed by atoms with Crippen molar-refractivity contribution < 1.29 is 14.3 Å². The van der Waals surface area contributed by atoms with Crippen molar-refractivity contribution in [1.82, 2.24) is 9.80 Å². The van der Waals surface area contributed by atoms with E-state index in [9.17, 15) is 9.59 Å². The van der Waals surface area contributed by atoms with Gasteiger partial charge in [-0.3, -0.25) is 9.69 Å². The summed E-state index contributed by atoms with van der Waals surface area (Å²) in [5, 5.41) is 3.61. The third-order valence-electron chi connectivity index (χ3n) is 6.38. The fourth-order valence-electron chi connectivity index (χ4n) is 4.32. The van der Waals surface area contributed by atoms with Crippen molar-refractivity contribution in [2.45, 2.75) is 26.6 Å². The Hall–Kier alpha value is -3.19. The van der Waals surface area contributed by atoms with Crippen LogP contribution >= 0.6 is 11.6 Å². The molecule has 1 N–H and O–H groups in total. The standard InChI is InChI=1S/C29H32ClN3O3/c1-21-5-3-6-23(17-21)20-36-28(24-9-11-26(30)12-10-24)19-32-13-15-33(16-14-32)29(35)31-27-8-4-7-25(18-27)22(2)34/h3-12,17-18,28H,13-16,19-20H2,1-2H3,(H,31,35)/t28-/m0/s1. The van der Waals surface area contributed by atoms with Crippen LogP contribution in [-0.2, 0) is 11.3 Å². The lowest BCUT2D eigenvalue weighted by Crippen LogP contribution is -2.50. The first-order valence-corrected chi connectivity index (χ1v) is 12.6. The van der Waals surface area contributed by atoms with Crippen LogP contribution in [0.25, 0.3) is 0 Å². The van der Waals surface area contributed by atoms with Crippen molar-refractivity contribution in [2.24, 2.45) is 0 Å². The summed E-state index contributed by atoms with van der Waals surface area (Å²) < 4.78 is 6.39. The van der Waals surface area contributed by atoms with E-state index in [4.69, 9.17) is 16.3 Å². The molecule has 0 aromatic heterocycles. The summed E-state index contributed by atoms with van der Waals surface area (Å²) in [6, 6.07) is 23.0. The number of Topliss-reactive ketones (excluding diaryl/α,β-unsaturated/α-hetero) is 1. The van der Waals surface area contributed by atoms with Gasteiger partial charge in [0.1, 0.15) is 0 Å². The second kappa shape index (κ2) is 12.2. The molecular weight excluding hydrogens is 474 g/mol.